The minimum absolute atomic E-state index is 0.302. The molecule has 25 heavy (non-hydrogen) atoms. The Morgan fingerprint density at radius 3 is 2.48 bits per heavy atom. The topological polar surface area (TPSA) is 44.0 Å². The van der Waals surface area contributed by atoms with Gasteiger partial charge in [-0.05, 0) is 18.2 Å². The third kappa shape index (κ3) is 3.63. The summed E-state index contributed by atoms with van der Waals surface area (Å²) in [6.07, 6.45) is 0. The summed E-state index contributed by atoms with van der Waals surface area (Å²) in [5.74, 6) is -0.302. The zero-order valence-electron chi connectivity index (χ0n) is 14.0. The highest BCUT2D eigenvalue weighted by Crippen LogP contribution is 2.17. The molecule has 2 aromatic carbocycles. The van der Waals surface area contributed by atoms with Crippen molar-refractivity contribution in [1.82, 2.24) is 4.57 Å². The monoisotopic (exact) mass is 359 g/mol. The van der Waals surface area contributed by atoms with Crippen molar-refractivity contribution in [2.75, 3.05) is 26.2 Å². The van der Waals surface area contributed by atoms with E-state index in [9.17, 15) is 4.79 Å². The van der Waals surface area contributed by atoms with Crippen molar-refractivity contribution in [3.8, 4) is 0 Å². The minimum Gasteiger partial charge on any atom is -0.408 e. The fraction of sp³-hybridized carbons (Fsp3) is 0.316. The number of rotatable bonds is 4. The maximum Gasteiger partial charge on any atom is 0.424 e. The second kappa shape index (κ2) is 7.04. The number of benzene rings is 2. The average Bonchev–Trinajstić information content (AvgIpc) is 2.93. The molecule has 0 spiro atoms. The summed E-state index contributed by atoms with van der Waals surface area (Å²) in [5, 5.41) is 0.620. The average molecular weight is 360 g/mol. The molecule has 4 rings (SSSR count). The Kier molecular flexibility index (Phi) is 4.61. The van der Waals surface area contributed by atoms with E-state index in [1.807, 2.05) is 0 Å². The van der Waals surface area contributed by atoms with Crippen molar-refractivity contribution in [2.45, 2.75) is 13.2 Å². The molecule has 1 aliphatic rings. The van der Waals surface area contributed by atoms with Gasteiger partial charge in [0.25, 0.3) is 0 Å². The fourth-order valence-corrected chi connectivity index (χ4v) is 3.75. The summed E-state index contributed by atoms with van der Waals surface area (Å²) in [5.41, 5.74) is 2.76. The highest BCUT2D eigenvalue weighted by Gasteiger charge is 2.24. The number of piperazine rings is 1. The number of quaternary nitrogens is 2. The van der Waals surface area contributed by atoms with Crippen LogP contribution in [0.2, 0.25) is 5.02 Å². The van der Waals surface area contributed by atoms with Gasteiger partial charge in [-0.1, -0.05) is 41.9 Å². The van der Waals surface area contributed by atoms with E-state index in [2.05, 4.69) is 30.3 Å². The maximum absolute atomic E-state index is 12.2. The number of halogens is 1. The summed E-state index contributed by atoms with van der Waals surface area (Å²) in [4.78, 5) is 15.2. The van der Waals surface area contributed by atoms with E-state index in [0.29, 0.717) is 17.3 Å². The van der Waals surface area contributed by atoms with E-state index in [1.165, 1.54) is 10.5 Å². The molecule has 0 saturated carbocycles. The molecule has 2 heterocycles. The molecule has 1 aromatic heterocycles. The Labute approximate surface area is 151 Å². The number of aromatic nitrogens is 1. The van der Waals surface area contributed by atoms with Crippen LogP contribution in [0.5, 0.6) is 0 Å². The first kappa shape index (κ1) is 16.4. The largest absolute Gasteiger partial charge is 0.424 e. The SMILES string of the molecule is O=c1oc2ccc(Cl)cc2n1C[NH+]1CC[NH+](Cc2ccccc2)CC1. The number of oxazole rings is 1. The van der Waals surface area contributed by atoms with Gasteiger partial charge in [0.2, 0.25) is 0 Å². The summed E-state index contributed by atoms with van der Waals surface area (Å²) >= 11 is 6.07. The molecule has 2 N–H and O–H groups in total. The lowest BCUT2D eigenvalue weighted by Gasteiger charge is -2.29. The zero-order chi connectivity index (χ0) is 17.2. The van der Waals surface area contributed by atoms with Crippen molar-refractivity contribution in [2.24, 2.45) is 0 Å². The molecule has 1 aliphatic heterocycles. The minimum atomic E-state index is -0.302. The van der Waals surface area contributed by atoms with E-state index < -0.39 is 0 Å². The summed E-state index contributed by atoms with van der Waals surface area (Å²) < 4.78 is 7.03. The fourth-order valence-electron chi connectivity index (χ4n) is 3.59. The van der Waals surface area contributed by atoms with Crippen LogP contribution in [0.3, 0.4) is 0 Å². The normalized spacial score (nSPS) is 20.8. The van der Waals surface area contributed by atoms with Gasteiger partial charge in [0.15, 0.2) is 12.3 Å². The van der Waals surface area contributed by atoms with Crippen LogP contribution >= 0.6 is 11.6 Å². The highest BCUT2D eigenvalue weighted by atomic mass is 35.5. The highest BCUT2D eigenvalue weighted by molar-refractivity contribution is 6.31. The maximum atomic E-state index is 12.2. The first-order valence-corrected chi connectivity index (χ1v) is 9.07. The quantitative estimate of drug-likeness (QED) is 0.698. The smallest absolute Gasteiger partial charge is 0.408 e. The molecular weight excluding hydrogens is 338 g/mol. The first-order chi connectivity index (χ1) is 12.2. The number of fused-ring (bicyclic) bond motifs is 1. The van der Waals surface area contributed by atoms with Crippen LogP contribution in [-0.2, 0) is 13.2 Å². The third-order valence-corrected chi connectivity index (χ3v) is 5.21. The van der Waals surface area contributed by atoms with Crippen molar-refractivity contribution in [1.29, 1.82) is 0 Å². The molecule has 1 saturated heterocycles. The lowest BCUT2D eigenvalue weighted by Crippen LogP contribution is -3.27. The van der Waals surface area contributed by atoms with Crippen molar-refractivity contribution < 1.29 is 14.2 Å². The Hall–Kier alpha value is -2.08. The number of nitrogens with one attached hydrogen (secondary N) is 2. The van der Waals surface area contributed by atoms with Gasteiger partial charge < -0.3 is 14.2 Å². The van der Waals surface area contributed by atoms with E-state index in [0.717, 1.165) is 38.2 Å². The molecular formula is C19H22ClN3O2+2. The van der Waals surface area contributed by atoms with Crippen LogP contribution in [0.4, 0.5) is 0 Å². The number of nitrogens with zero attached hydrogens (tertiary/aromatic N) is 1. The number of hydrogen-bond acceptors (Lipinski definition) is 2. The molecule has 0 amide bonds. The van der Waals surface area contributed by atoms with Gasteiger partial charge in [-0.2, -0.15) is 0 Å². The molecule has 0 unspecified atom stereocenters. The first-order valence-electron chi connectivity index (χ1n) is 8.69. The van der Waals surface area contributed by atoms with Gasteiger partial charge in [-0.3, -0.25) is 0 Å². The Bertz CT molecular complexity index is 911. The second-order valence-electron chi connectivity index (χ2n) is 6.73. The van der Waals surface area contributed by atoms with Gasteiger partial charge >= 0.3 is 5.76 Å². The molecule has 5 nitrogen and oxygen atoms in total. The summed E-state index contributed by atoms with van der Waals surface area (Å²) in [6.45, 7) is 6.00. The van der Waals surface area contributed by atoms with Gasteiger partial charge in [0.05, 0.1) is 5.52 Å². The summed E-state index contributed by atoms with van der Waals surface area (Å²) in [7, 11) is 0. The Balaban J connectivity index is 1.41. The summed E-state index contributed by atoms with van der Waals surface area (Å²) in [6, 6.07) is 15.9. The van der Waals surface area contributed by atoms with Crippen molar-refractivity contribution >= 4 is 22.7 Å². The second-order valence-corrected chi connectivity index (χ2v) is 7.16. The predicted molar refractivity (Wildman–Crippen MR) is 97.0 cm³/mol. The lowest BCUT2D eigenvalue weighted by atomic mass is 10.2. The van der Waals surface area contributed by atoms with Gasteiger partial charge in [0, 0.05) is 10.6 Å². The zero-order valence-corrected chi connectivity index (χ0v) is 14.8. The van der Waals surface area contributed by atoms with Crippen LogP contribution in [0.25, 0.3) is 11.1 Å². The third-order valence-electron chi connectivity index (χ3n) is 4.97. The molecule has 130 valence electrons. The van der Waals surface area contributed by atoms with Gasteiger partial charge in [-0.15, -0.1) is 0 Å². The molecule has 0 bridgehead atoms. The van der Waals surface area contributed by atoms with Crippen LogP contribution in [0, 0.1) is 0 Å². The Morgan fingerprint density at radius 1 is 1.00 bits per heavy atom. The molecule has 0 radical (unpaired) electrons. The van der Waals surface area contributed by atoms with Crippen LogP contribution in [0.15, 0.2) is 57.7 Å². The van der Waals surface area contributed by atoms with E-state index in [1.54, 1.807) is 27.7 Å². The lowest BCUT2D eigenvalue weighted by molar-refractivity contribution is -1.03. The molecule has 1 fully saturated rings. The van der Waals surface area contributed by atoms with E-state index in [-0.39, 0.29) is 5.76 Å². The predicted octanol–water partition coefficient (Wildman–Crippen LogP) is 0.189. The number of hydrogen-bond donors (Lipinski definition) is 2. The Morgan fingerprint density at radius 2 is 1.72 bits per heavy atom. The van der Waals surface area contributed by atoms with Crippen LogP contribution in [0.1, 0.15) is 5.56 Å². The van der Waals surface area contributed by atoms with Gasteiger partial charge in [0.1, 0.15) is 32.7 Å². The van der Waals surface area contributed by atoms with E-state index in [4.69, 9.17) is 16.0 Å². The van der Waals surface area contributed by atoms with Crippen molar-refractivity contribution in [3.05, 3.63) is 69.7 Å². The standard InChI is InChI=1S/C19H20ClN3O2/c20-16-6-7-18-17(12-16)23(19(24)25-18)14-22-10-8-21(9-11-22)13-15-4-2-1-3-5-15/h1-7,12H,8-11,13-14H2/p+2. The van der Waals surface area contributed by atoms with E-state index >= 15 is 0 Å². The van der Waals surface area contributed by atoms with Gasteiger partial charge in [-0.25, -0.2) is 9.36 Å². The molecule has 0 atom stereocenters. The molecule has 3 aromatic rings. The van der Waals surface area contributed by atoms with Crippen molar-refractivity contribution in [3.63, 3.8) is 0 Å². The molecule has 6 heteroatoms. The van der Waals surface area contributed by atoms with Crippen LogP contribution in [-0.4, -0.2) is 30.7 Å². The van der Waals surface area contributed by atoms with Crippen LogP contribution < -0.4 is 15.6 Å². The molecule has 0 aliphatic carbocycles.